The van der Waals surface area contributed by atoms with E-state index in [-0.39, 0.29) is 29.2 Å². The number of ether oxygens (including phenoxy) is 1. The van der Waals surface area contributed by atoms with E-state index in [4.69, 9.17) is 4.74 Å². The van der Waals surface area contributed by atoms with Crippen molar-refractivity contribution in [1.29, 1.82) is 0 Å². The SMILES string of the molecule is CCOC(=O)C(Cc1ccc(-c2ccccc2)s1)NC(=O)C1(NC(=O)C(Br)C(C)C)CCCC1. The van der Waals surface area contributed by atoms with Gasteiger partial charge in [0, 0.05) is 16.2 Å². The first-order chi connectivity index (χ1) is 16.3. The molecule has 1 fully saturated rings. The molecule has 0 bridgehead atoms. The Morgan fingerprint density at radius 1 is 1.09 bits per heavy atom. The molecule has 1 aromatic carbocycles. The maximum Gasteiger partial charge on any atom is 0.329 e. The molecule has 1 heterocycles. The molecule has 1 saturated carbocycles. The molecule has 0 spiro atoms. The van der Waals surface area contributed by atoms with Crippen LogP contribution >= 0.6 is 27.3 Å². The summed E-state index contributed by atoms with van der Waals surface area (Å²) < 4.78 is 5.27. The molecule has 1 aliphatic rings. The standard InChI is InChI=1S/C26H33BrN2O4S/c1-4-33-24(31)20(16-19-12-13-21(34-19)18-10-6-5-7-11-18)28-25(32)26(14-8-9-15-26)29-23(30)22(27)17(2)3/h5-7,10-13,17,20,22H,4,8-9,14-16H2,1-3H3,(H,28,32)(H,29,30). The highest BCUT2D eigenvalue weighted by Crippen LogP contribution is 2.32. The number of rotatable bonds is 10. The molecule has 0 radical (unpaired) electrons. The van der Waals surface area contributed by atoms with Crippen LogP contribution in [-0.4, -0.2) is 40.8 Å². The third kappa shape index (κ3) is 6.48. The van der Waals surface area contributed by atoms with Gasteiger partial charge in [-0.2, -0.15) is 0 Å². The van der Waals surface area contributed by atoms with E-state index >= 15 is 0 Å². The van der Waals surface area contributed by atoms with Crippen molar-refractivity contribution < 1.29 is 19.1 Å². The second-order valence-corrected chi connectivity index (χ2v) is 11.2. The van der Waals surface area contributed by atoms with E-state index in [1.54, 1.807) is 18.3 Å². The molecule has 2 N–H and O–H groups in total. The molecule has 6 nitrogen and oxygen atoms in total. The zero-order valence-corrected chi connectivity index (χ0v) is 22.3. The number of alkyl halides is 1. The summed E-state index contributed by atoms with van der Waals surface area (Å²) in [4.78, 5) is 40.7. The van der Waals surface area contributed by atoms with Gasteiger partial charge < -0.3 is 15.4 Å². The summed E-state index contributed by atoms with van der Waals surface area (Å²) in [7, 11) is 0. The van der Waals surface area contributed by atoms with Gasteiger partial charge in [-0.05, 0) is 43.4 Å². The molecule has 2 aromatic rings. The zero-order valence-electron chi connectivity index (χ0n) is 19.9. The van der Waals surface area contributed by atoms with Gasteiger partial charge >= 0.3 is 5.97 Å². The monoisotopic (exact) mass is 548 g/mol. The average Bonchev–Trinajstić information content (AvgIpc) is 3.49. The number of esters is 1. The van der Waals surface area contributed by atoms with Gasteiger partial charge in [-0.3, -0.25) is 9.59 Å². The quantitative estimate of drug-likeness (QED) is 0.328. The fourth-order valence-electron chi connectivity index (χ4n) is 4.17. The van der Waals surface area contributed by atoms with Crippen LogP contribution in [0.3, 0.4) is 0 Å². The Balaban J connectivity index is 1.77. The summed E-state index contributed by atoms with van der Waals surface area (Å²) in [6.07, 6.45) is 3.12. The number of amides is 2. The van der Waals surface area contributed by atoms with E-state index in [9.17, 15) is 14.4 Å². The molecule has 34 heavy (non-hydrogen) atoms. The molecule has 1 aliphatic carbocycles. The molecule has 2 atom stereocenters. The highest BCUT2D eigenvalue weighted by molar-refractivity contribution is 9.10. The zero-order chi connectivity index (χ0) is 24.7. The van der Waals surface area contributed by atoms with E-state index in [1.807, 2.05) is 56.3 Å². The minimum atomic E-state index is -1.01. The number of hydrogen-bond donors (Lipinski definition) is 2. The van der Waals surface area contributed by atoms with Gasteiger partial charge in [0.05, 0.1) is 11.4 Å². The van der Waals surface area contributed by atoms with E-state index in [0.29, 0.717) is 19.3 Å². The minimum absolute atomic E-state index is 0.0893. The normalized spacial score (nSPS) is 16.6. The molecule has 0 aliphatic heterocycles. The van der Waals surface area contributed by atoms with E-state index < -0.39 is 17.6 Å². The molecule has 1 aromatic heterocycles. The summed E-state index contributed by atoms with van der Waals surface area (Å²) in [5.74, 6) is -0.901. The molecule has 3 rings (SSSR count). The largest absolute Gasteiger partial charge is 0.464 e. The van der Waals surface area contributed by atoms with Crippen LogP contribution in [0.5, 0.6) is 0 Å². The van der Waals surface area contributed by atoms with Crippen molar-refractivity contribution in [2.75, 3.05) is 6.61 Å². The van der Waals surface area contributed by atoms with Crippen LogP contribution in [0.4, 0.5) is 0 Å². The van der Waals surface area contributed by atoms with Gasteiger partial charge in [-0.15, -0.1) is 11.3 Å². The second-order valence-electron chi connectivity index (χ2n) is 9.04. The number of carbonyl (C=O) groups is 3. The predicted octanol–water partition coefficient (Wildman–Crippen LogP) is 4.85. The second kappa shape index (κ2) is 12.0. The number of carbonyl (C=O) groups excluding carboxylic acids is 3. The van der Waals surface area contributed by atoms with Crippen molar-refractivity contribution in [2.24, 2.45) is 5.92 Å². The van der Waals surface area contributed by atoms with Gasteiger partial charge in [0.15, 0.2) is 0 Å². The molecule has 0 saturated heterocycles. The maximum absolute atomic E-state index is 13.5. The number of nitrogens with one attached hydrogen (secondary N) is 2. The Hall–Kier alpha value is -2.19. The highest BCUT2D eigenvalue weighted by Gasteiger charge is 2.44. The Bertz CT molecular complexity index is 986. The lowest BCUT2D eigenvalue weighted by molar-refractivity contribution is -0.148. The lowest BCUT2D eigenvalue weighted by Gasteiger charge is -2.32. The number of thiophene rings is 1. The topological polar surface area (TPSA) is 84.5 Å². The lowest BCUT2D eigenvalue weighted by atomic mass is 9.94. The van der Waals surface area contributed by atoms with E-state index in [2.05, 4.69) is 26.6 Å². The Labute approximate surface area is 214 Å². The van der Waals surface area contributed by atoms with Crippen LogP contribution < -0.4 is 10.6 Å². The van der Waals surface area contributed by atoms with Crippen LogP contribution in [0.2, 0.25) is 0 Å². The molecule has 2 amide bonds. The summed E-state index contributed by atoms with van der Waals surface area (Å²) in [5, 5.41) is 5.91. The first-order valence-corrected chi connectivity index (χ1v) is 13.6. The van der Waals surface area contributed by atoms with E-state index in [1.165, 1.54) is 0 Å². The Morgan fingerprint density at radius 2 is 1.76 bits per heavy atom. The van der Waals surface area contributed by atoms with Crippen LogP contribution in [0.1, 0.15) is 51.3 Å². The van der Waals surface area contributed by atoms with Gasteiger partial charge in [0.1, 0.15) is 11.6 Å². The first kappa shape index (κ1) is 26.4. The van der Waals surface area contributed by atoms with Crippen molar-refractivity contribution in [1.82, 2.24) is 10.6 Å². The third-order valence-corrected chi connectivity index (χ3v) is 8.72. The third-order valence-electron chi connectivity index (χ3n) is 6.09. The maximum atomic E-state index is 13.5. The van der Waals surface area contributed by atoms with Crippen LogP contribution in [0.15, 0.2) is 42.5 Å². The lowest BCUT2D eigenvalue weighted by Crippen LogP contribution is -2.61. The first-order valence-electron chi connectivity index (χ1n) is 11.8. The van der Waals surface area contributed by atoms with Crippen molar-refractivity contribution in [3.8, 4) is 10.4 Å². The molecule has 184 valence electrons. The molecular weight excluding hydrogens is 516 g/mol. The van der Waals surface area contributed by atoms with Gasteiger partial charge in [-0.25, -0.2) is 4.79 Å². The van der Waals surface area contributed by atoms with Crippen molar-refractivity contribution in [2.45, 2.75) is 69.3 Å². The van der Waals surface area contributed by atoms with E-state index in [0.717, 1.165) is 28.2 Å². The van der Waals surface area contributed by atoms with Gasteiger partial charge in [0.25, 0.3) is 0 Å². The van der Waals surface area contributed by atoms with Crippen molar-refractivity contribution in [3.63, 3.8) is 0 Å². The average molecular weight is 550 g/mol. The Morgan fingerprint density at radius 3 is 2.38 bits per heavy atom. The molecule has 8 heteroatoms. The fraction of sp³-hybridized carbons (Fsp3) is 0.500. The molecular formula is C26H33BrN2O4S. The number of hydrogen-bond acceptors (Lipinski definition) is 5. The van der Waals surface area contributed by atoms with Crippen molar-refractivity contribution in [3.05, 3.63) is 47.3 Å². The van der Waals surface area contributed by atoms with Crippen LogP contribution in [0, 0.1) is 5.92 Å². The summed E-state index contributed by atoms with van der Waals surface area (Å²) in [6.45, 7) is 5.87. The summed E-state index contributed by atoms with van der Waals surface area (Å²) in [5.41, 5.74) is 0.102. The van der Waals surface area contributed by atoms with Gasteiger partial charge in [-0.1, -0.05) is 73.0 Å². The smallest absolute Gasteiger partial charge is 0.329 e. The highest BCUT2D eigenvalue weighted by atomic mass is 79.9. The van der Waals surface area contributed by atoms with Crippen molar-refractivity contribution >= 4 is 45.1 Å². The predicted molar refractivity (Wildman–Crippen MR) is 139 cm³/mol. The minimum Gasteiger partial charge on any atom is -0.464 e. The Kier molecular flexibility index (Phi) is 9.31. The van der Waals surface area contributed by atoms with Crippen LogP contribution in [0.25, 0.3) is 10.4 Å². The fourth-order valence-corrected chi connectivity index (χ4v) is 5.35. The number of halogens is 1. The summed E-state index contributed by atoms with van der Waals surface area (Å²) in [6, 6.07) is 13.2. The van der Waals surface area contributed by atoms with Crippen LogP contribution in [-0.2, 0) is 25.5 Å². The summed E-state index contributed by atoms with van der Waals surface area (Å²) >= 11 is 5.02. The molecule has 2 unspecified atom stereocenters. The number of benzene rings is 1. The van der Waals surface area contributed by atoms with Gasteiger partial charge in [0.2, 0.25) is 11.8 Å².